The van der Waals surface area contributed by atoms with Crippen LogP contribution in [0.1, 0.15) is 192 Å². The summed E-state index contributed by atoms with van der Waals surface area (Å²) >= 11 is 0. The van der Waals surface area contributed by atoms with Gasteiger partial charge in [0.05, 0.1) is 69.3 Å². The summed E-state index contributed by atoms with van der Waals surface area (Å²) < 4.78 is 45.8. The molecule has 0 bridgehead atoms. The number of rotatable bonds is 27. The van der Waals surface area contributed by atoms with Crippen molar-refractivity contribution in [2.75, 3.05) is 80.7 Å². The zero-order valence-corrected chi connectivity index (χ0v) is 84.9. The number of hydrogen-bond donors (Lipinski definition) is 10. The van der Waals surface area contributed by atoms with Gasteiger partial charge in [-0.1, -0.05) is 54.9 Å². The molecule has 2 fully saturated rings. The van der Waals surface area contributed by atoms with Gasteiger partial charge in [-0.25, -0.2) is 32.8 Å². The van der Waals surface area contributed by atoms with Crippen molar-refractivity contribution in [1.82, 2.24) is 72.3 Å². The number of nitrogens with zero attached hydrogens (tertiary/aromatic N) is 10. The number of ether oxygens (including phenoxy) is 1. The first-order chi connectivity index (χ1) is 68.0. The van der Waals surface area contributed by atoms with Gasteiger partial charge in [-0.2, -0.15) is 0 Å². The van der Waals surface area contributed by atoms with E-state index >= 15 is 4.39 Å². The van der Waals surface area contributed by atoms with E-state index in [2.05, 4.69) is 163 Å². The Morgan fingerprint density at radius 3 is 0.825 bits per heavy atom. The number of aromatic carboxylic acids is 5. The van der Waals surface area contributed by atoms with Crippen LogP contribution in [-0.2, 0) is 105 Å². The van der Waals surface area contributed by atoms with Crippen LogP contribution in [0.5, 0.6) is 0 Å². The molecule has 143 heavy (non-hydrogen) atoms. The van der Waals surface area contributed by atoms with Gasteiger partial charge in [0.2, 0.25) is 0 Å². The van der Waals surface area contributed by atoms with Crippen LogP contribution in [0.4, 0.5) is 8.78 Å². The number of carboxylic acids is 5. The highest BCUT2D eigenvalue weighted by Crippen LogP contribution is 2.38. The fraction of sp³-hybridized carbons (Fsp3) is 0.364. The standard InChI is InChI=1S/C23H26FN3O3.C23H27N3O4.C23H29N3O3.C21H25N3O3.C20H22FN3O3/c1-3-14-11-18(23(29)30)22(28)25-20(14)15-9-16-10-17(13-27-7-5-4-6-8-27)26(2)21(16)19(24)12-15;1-4-15-12-19(23(28)29)22(27)24-20(15)16-9-14(2)21-17(10-16)11-18(25(21)3)13-26-5-7-30-8-6-26;1-6-15-12-19(23(28)29)22(27)24-20(15)16-9-14(4)21-17(10-16)11-18(25(21)5)13-26(7-2)8-3;1-6-13-10-17(21(26)27)20(25)22-18(13)14-7-12(2)19-15(8-14)9-16(24(19)5)11-23(3)4;1-5-11-8-15(20(26)27)19(25)22-17(11)12-6-13-7-14(10-23(2)3)24(4)18(13)16(21)9-12/h9-12H,3-8,13H2,1-2H3,(H,25,28)(H,29,30);9-12H,4-8,13H2,1-3H3,(H,24,27)(H,28,29);9-12H,6-8,13H2,1-5H3,(H,24,27)(H,28,29);7-10H,6,11H2,1-5H3,(H,22,25)(H,26,27);6-9H,5,10H2,1-4H3,(H,22,25)(H,26,27). The Kier molecular flexibility index (Phi) is 33.5. The van der Waals surface area contributed by atoms with Crippen molar-refractivity contribution in [3.8, 4) is 56.3 Å². The maximum atomic E-state index is 15.1. The summed E-state index contributed by atoms with van der Waals surface area (Å²) in [6, 6.07) is 36.6. The second kappa shape index (κ2) is 45.2. The van der Waals surface area contributed by atoms with Gasteiger partial charge in [0.25, 0.3) is 27.8 Å². The number of aromatic nitrogens is 10. The molecule has 15 aromatic rings. The largest absolute Gasteiger partial charge is 0.477 e. The molecule has 31 nitrogen and oxygen atoms in total. The second-order valence-electron chi connectivity index (χ2n) is 37.5. The molecule has 2 aliphatic heterocycles. The summed E-state index contributed by atoms with van der Waals surface area (Å²) in [6.45, 7) is 31.7. The smallest absolute Gasteiger partial charge is 0.341 e. The topological polar surface area (TPSA) is 401 Å². The number of aryl methyl sites for hydroxylation is 13. The van der Waals surface area contributed by atoms with Crippen LogP contribution in [0.15, 0.2) is 145 Å². The Balaban J connectivity index is 0.000000150. The molecular weight excluding hydrogens is 1830 g/mol. The van der Waals surface area contributed by atoms with E-state index in [9.17, 15) is 72.8 Å². The number of pyridine rings is 5. The third-order valence-electron chi connectivity index (χ3n) is 27.3. The predicted octanol–water partition coefficient (Wildman–Crippen LogP) is 17.0. The molecular formula is C110H129F2N15O16. The number of halogens is 2. The van der Waals surface area contributed by atoms with Gasteiger partial charge in [0, 0.05) is 148 Å². The van der Waals surface area contributed by atoms with E-state index in [1.165, 1.54) is 89.8 Å². The summed E-state index contributed by atoms with van der Waals surface area (Å²) in [5.41, 5.74) is 19.7. The molecule has 2 aliphatic rings. The van der Waals surface area contributed by atoms with Crippen molar-refractivity contribution >= 4 is 84.4 Å². The van der Waals surface area contributed by atoms with Crippen LogP contribution in [-0.4, -0.2) is 208 Å². The van der Waals surface area contributed by atoms with Gasteiger partial charge in [0.1, 0.15) is 39.5 Å². The first-order valence-corrected chi connectivity index (χ1v) is 48.4. The van der Waals surface area contributed by atoms with E-state index in [4.69, 9.17) is 9.84 Å². The maximum Gasteiger partial charge on any atom is 0.341 e. The number of benzene rings is 5. The van der Waals surface area contributed by atoms with Crippen LogP contribution in [0.3, 0.4) is 0 Å². The molecule has 10 N–H and O–H groups in total. The molecule has 33 heteroatoms. The highest BCUT2D eigenvalue weighted by molar-refractivity contribution is 5.96. The van der Waals surface area contributed by atoms with Crippen molar-refractivity contribution in [2.24, 2.45) is 35.2 Å². The van der Waals surface area contributed by atoms with Gasteiger partial charge in [0.15, 0.2) is 0 Å². The van der Waals surface area contributed by atoms with Crippen molar-refractivity contribution in [1.29, 1.82) is 0 Å². The van der Waals surface area contributed by atoms with Crippen LogP contribution < -0.4 is 27.8 Å². The number of likely N-dealkylation sites (tertiary alicyclic amines) is 1. The summed E-state index contributed by atoms with van der Waals surface area (Å²) in [5, 5.41) is 50.9. The quantitative estimate of drug-likeness (QED) is 0.0229. The first kappa shape index (κ1) is 106. The molecule has 2 saturated heterocycles. The lowest BCUT2D eigenvalue weighted by Crippen LogP contribution is -2.36. The Morgan fingerprint density at radius 2 is 0.559 bits per heavy atom. The zero-order chi connectivity index (χ0) is 104. The lowest BCUT2D eigenvalue weighted by atomic mass is 9.99. The minimum atomic E-state index is -1.28. The maximum absolute atomic E-state index is 15.1. The lowest BCUT2D eigenvalue weighted by molar-refractivity contribution is 0.0333. The molecule has 5 aromatic carbocycles. The SMILES string of the molecule is CCc1cc(C(=O)O)c(=O)[nH]c1-c1cc(C)c2c(c1)cc(CN(C)C)n2C.CCc1cc(C(=O)O)c(=O)[nH]c1-c1cc(C)c2c(c1)cc(CN(CC)CC)n2C.CCc1cc(C(=O)O)c(=O)[nH]c1-c1cc(C)c2c(c1)cc(CN1CCOCC1)n2C.CCc1cc(C(=O)O)c(=O)[nH]c1-c1cc(F)c2c(c1)cc(CN(C)C)n2C.CCc1cc(C(=O)O)c(=O)[nH]c1-c1cc(F)c2c(c1)cc(CN1CCCCC1)n2C. The summed E-state index contributed by atoms with van der Waals surface area (Å²) in [5.74, 6) is -6.93. The summed E-state index contributed by atoms with van der Waals surface area (Å²) in [7, 11) is 17.9. The van der Waals surface area contributed by atoms with E-state index in [1.807, 2.05) is 121 Å². The number of hydrogen-bond acceptors (Lipinski definition) is 16. The first-order valence-electron chi connectivity index (χ1n) is 48.4. The molecule has 0 amide bonds. The van der Waals surface area contributed by atoms with E-state index in [1.54, 1.807) is 0 Å². The molecule has 17 rings (SSSR count). The number of morpholine rings is 1. The monoisotopic (exact) mass is 1950 g/mol. The zero-order valence-electron chi connectivity index (χ0n) is 84.9. The molecule has 0 atom stereocenters. The van der Waals surface area contributed by atoms with Crippen molar-refractivity contribution in [3.63, 3.8) is 0 Å². The lowest BCUT2D eigenvalue weighted by Gasteiger charge is -2.26. The van der Waals surface area contributed by atoms with Gasteiger partial charge in [-0.15, -0.1) is 0 Å². The van der Waals surface area contributed by atoms with Gasteiger partial charge >= 0.3 is 29.8 Å². The Hall–Kier alpha value is -14.5. The van der Waals surface area contributed by atoms with E-state index < -0.39 is 57.6 Å². The number of piperidine rings is 1. The number of carboxylic acid groups (broad SMARTS) is 5. The molecule has 0 aliphatic carbocycles. The third kappa shape index (κ3) is 23.0. The number of nitrogens with one attached hydrogen (secondary N) is 5. The molecule has 754 valence electrons. The van der Waals surface area contributed by atoms with E-state index in [0.29, 0.717) is 100 Å². The molecule has 12 heterocycles. The van der Waals surface area contributed by atoms with Crippen LogP contribution >= 0.6 is 0 Å². The van der Waals surface area contributed by atoms with Gasteiger partial charge < -0.3 is 87.8 Å². The fourth-order valence-corrected chi connectivity index (χ4v) is 19.9. The number of fused-ring (bicyclic) bond motifs is 5. The molecule has 0 spiro atoms. The molecule has 0 unspecified atom stereocenters. The Labute approximate surface area is 826 Å². The van der Waals surface area contributed by atoms with Crippen molar-refractivity contribution in [2.45, 2.75) is 153 Å². The average Bonchev–Trinajstić information content (AvgIpc) is 1.67. The van der Waals surface area contributed by atoms with Crippen LogP contribution in [0, 0.1) is 32.4 Å². The van der Waals surface area contributed by atoms with Crippen LogP contribution in [0.25, 0.3) is 111 Å². The third-order valence-corrected chi connectivity index (χ3v) is 27.3. The number of H-pyrrole nitrogens is 5. The average molecular weight is 1960 g/mol. The second-order valence-corrected chi connectivity index (χ2v) is 37.5. The molecule has 0 saturated carbocycles. The van der Waals surface area contributed by atoms with Crippen molar-refractivity contribution < 1.29 is 63.0 Å². The highest BCUT2D eigenvalue weighted by Gasteiger charge is 2.27. The summed E-state index contributed by atoms with van der Waals surface area (Å²) in [4.78, 5) is 142. The number of aromatic amines is 5. The molecule has 0 radical (unpaired) electrons. The van der Waals surface area contributed by atoms with E-state index in [-0.39, 0.29) is 39.5 Å². The van der Waals surface area contributed by atoms with Crippen molar-refractivity contribution in [3.05, 3.63) is 286 Å². The van der Waals surface area contributed by atoms with Gasteiger partial charge in [-0.3, -0.25) is 38.7 Å². The number of carbonyl (C=O) groups is 5. The summed E-state index contributed by atoms with van der Waals surface area (Å²) in [6.07, 6.45) is 6.57. The minimum absolute atomic E-state index is 0.218. The minimum Gasteiger partial charge on any atom is -0.477 e. The molecule has 10 aromatic heterocycles. The normalized spacial score (nSPS) is 13.0. The van der Waals surface area contributed by atoms with E-state index in [0.717, 1.165) is 173 Å². The Bertz CT molecular complexity index is 7380. The highest BCUT2D eigenvalue weighted by atomic mass is 19.1. The fourth-order valence-electron chi connectivity index (χ4n) is 19.9. The van der Waals surface area contributed by atoms with Gasteiger partial charge in [-0.05, 0) is 303 Å². The predicted molar refractivity (Wildman–Crippen MR) is 557 cm³/mol. The Morgan fingerprint density at radius 1 is 0.322 bits per heavy atom. The van der Waals surface area contributed by atoms with Crippen LogP contribution in [0.2, 0.25) is 0 Å².